The summed E-state index contributed by atoms with van der Waals surface area (Å²) in [5, 5.41) is 3.33. The molecule has 4 aromatic rings. The number of hydrogen-bond acceptors (Lipinski definition) is 4. The van der Waals surface area contributed by atoms with Gasteiger partial charge in [-0.05, 0) is 60.5 Å². The van der Waals surface area contributed by atoms with Crippen molar-refractivity contribution in [2.24, 2.45) is 0 Å². The molecule has 0 unspecified atom stereocenters. The Hall–Kier alpha value is -4.29. The van der Waals surface area contributed by atoms with Crippen LogP contribution < -0.4 is 11.1 Å². The Morgan fingerprint density at radius 1 is 1.14 bits per heavy atom. The van der Waals surface area contributed by atoms with Crippen LogP contribution in [0.2, 0.25) is 0 Å². The summed E-state index contributed by atoms with van der Waals surface area (Å²) in [4.78, 5) is 12.6. The molecular formula is C30H30FN5. The molecule has 0 radical (unpaired) electrons. The van der Waals surface area contributed by atoms with Crippen molar-refractivity contribution in [1.29, 1.82) is 0 Å². The SMILES string of the molecule is C=C/C=C(/c1cccc(F)c1)c1nc(C(=C)c2cc(-c3cncc(CNCC)c3)ccc2N)[nH]c1C. The smallest absolute Gasteiger partial charge is 0.138 e. The minimum absolute atomic E-state index is 0.311. The maximum Gasteiger partial charge on any atom is 0.138 e. The maximum atomic E-state index is 13.9. The van der Waals surface area contributed by atoms with E-state index in [1.54, 1.807) is 12.1 Å². The van der Waals surface area contributed by atoms with E-state index < -0.39 is 0 Å². The molecule has 0 spiro atoms. The number of benzene rings is 2. The highest BCUT2D eigenvalue weighted by Gasteiger charge is 2.17. The van der Waals surface area contributed by atoms with E-state index in [0.29, 0.717) is 28.3 Å². The summed E-state index contributed by atoms with van der Waals surface area (Å²) in [6.45, 7) is 13.8. The van der Waals surface area contributed by atoms with Gasteiger partial charge in [0.05, 0.1) is 5.69 Å². The summed E-state index contributed by atoms with van der Waals surface area (Å²) >= 11 is 0. The molecule has 0 aliphatic carbocycles. The summed E-state index contributed by atoms with van der Waals surface area (Å²) < 4.78 is 13.9. The largest absolute Gasteiger partial charge is 0.398 e. The third-order valence-electron chi connectivity index (χ3n) is 5.93. The van der Waals surface area contributed by atoms with Crippen molar-refractivity contribution in [3.05, 3.63) is 126 Å². The average Bonchev–Trinajstić information content (AvgIpc) is 3.27. The zero-order chi connectivity index (χ0) is 25.7. The van der Waals surface area contributed by atoms with Gasteiger partial charge >= 0.3 is 0 Å². The van der Waals surface area contributed by atoms with Crippen molar-refractivity contribution in [2.75, 3.05) is 12.3 Å². The van der Waals surface area contributed by atoms with Crippen molar-refractivity contribution in [2.45, 2.75) is 20.4 Å². The summed E-state index contributed by atoms with van der Waals surface area (Å²) in [7, 11) is 0. The predicted octanol–water partition coefficient (Wildman–Crippen LogP) is 6.29. The first-order chi connectivity index (χ1) is 17.4. The van der Waals surface area contributed by atoms with Crippen LogP contribution in [0.1, 0.15) is 40.8 Å². The number of H-pyrrole nitrogens is 1. The number of hydrogen-bond donors (Lipinski definition) is 3. The monoisotopic (exact) mass is 479 g/mol. The van der Waals surface area contributed by atoms with Crippen molar-refractivity contribution < 1.29 is 4.39 Å². The van der Waals surface area contributed by atoms with Gasteiger partial charge in [0.1, 0.15) is 11.6 Å². The first-order valence-corrected chi connectivity index (χ1v) is 11.8. The van der Waals surface area contributed by atoms with E-state index in [-0.39, 0.29) is 5.82 Å². The molecule has 6 heteroatoms. The molecule has 0 aliphatic rings. The van der Waals surface area contributed by atoms with Gasteiger partial charge in [0.25, 0.3) is 0 Å². The molecule has 0 amide bonds. The minimum atomic E-state index is -0.311. The van der Waals surface area contributed by atoms with Crippen molar-refractivity contribution in [1.82, 2.24) is 20.3 Å². The zero-order valence-electron chi connectivity index (χ0n) is 20.6. The number of rotatable bonds is 9. The van der Waals surface area contributed by atoms with Gasteiger partial charge in [-0.2, -0.15) is 0 Å². The van der Waals surface area contributed by atoms with Gasteiger partial charge in [0, 0.05) is 52.6 Å². The second-order valence-electron chi connectivity index (χ2n) is 8.53. The fourth-order valence-electron chi connectivity index (χ4n) is 4.09. The molecule has 0 bridgehead atoms. The highest BCUT2D eigenvalue weighted by Crippen LogP contribution is 2.32. The molecule has 36 heavy (non-hydrogen) atoms. The standard InChI is InChI=1S/C30H30FN5/c1-5-8-26(23-9-7-10-25(31)14-23)29-20(4)35-30(36-29)19(3)27-15-22(11-12-28(27)32)24-13-21(16-33-6-2)17-34-18-24/h5,7-15,17-18,33H,1,3,6,16,32H2,2,4H3,(H,35,36)/b26-8-. The fraction of sp³-hybridized carbons (Fsp3) is 0.133. The lowest BCUT2D eigenvalue weighted by Crippen LogP contribution is -2.11. The lowest BCUT2D eigenvalue weighted by molar-refractivity contribution is 0.627. The van der Waals surface area contributed by atoms with Crippen LogP contribution in [-0.2, 0) is 6.54 Å². The normalized spacial score (nSPS) is 11.5. The van der Waals surface area contributed by atoms with Crippen LogP contribution in [0.15, 0.2) is 86.2 Å². The van der Waals surface area contributed by atoms with E-state index >= 15 is 0 Å². The highest BCUT2D eigenvalue weighted by molar-refractivity contribution is 5.86. The van der Waals surface area contributed by atoms with Crippen LogP contribution in [0.25, 0.3) is 22.3 Å². The summed E-state index contributed by atoms with van der Waals surface area (Å²) in [6.07, 6.45) is 7.20. The van der Waals surface area contributed by atoms with E-state index in [0.717, 1.165) is 46.6 Å². The number of imidazole rings is 1. The van der Waals surface area contributed by atoms with Gasteiger partial charge in [0.2, 0.25) is 0 Å². The average molecular weight is 480 g/mol. The van der Waals surface area contributed by atoms with Gasteiger partial charge in [-0.3, -0.25) is 4.98 Å². The number of nitrogens with one attached hydrogen (secondary N) is 2. The lowest BCUT2D eigenvalue weighted by Gasteiger charge is -2.11. The van der Waals surface area contributed by atoms with Crippen LogP contribution >= 0.6 is 0 Å². The first kappa shape index (κ1) is 24.8. The molecule has 0 saturated heterocycles. The molecule has 4 N–H and O–H groups in total. The van der Waals surface area contributed by atoms with Crippen molar-refractivity contribution in [3.63, 3.8) is 0 Å². The minimum Gasteiger partial charge on any atom is -0.398 e. The molecule has 2 heterocycles. The molecule has 4 rings (SSSR count). The third kappa shape index (κ3) is 5.34. The van der Waals surface area contributed by atoms with E-state index in [4.69, 9.17) is 10.7 Å². The van der Waals surface area contributed by atoms with E-state index in [1.807, 2.05) is 49.7 Å². The molecule has 182 valence electrons. The van der Waals surface area contributed by atoms with Gasteiger partial charge in [-0.15, -0.1) is 0 Å². The zero-order valence-corrected chi connectivity index (χ0v) is 20.6. The van der Waals surface area contributed by atoms with Crippen LogP contribution in [0.4, 0.5) is 10.1 Å². The Balaban J connectivity index is 1.70. The molecular weight excluding hydrogens is 449 g/mol. The Bertz CT molecular complexity index is 1450. The topological polar surface area (TPSA) is 79.6 Å². The Morgan fingerprint density at radius 3 is 2.72 bits per heavy atom. The predicted molar refractivity (Wildman–Crippen MR) is 147 cm³/mol. The number of halogens is 1. The number of aryl methyl sites for hydroxylation is 1. The molecule has 0 aliphatic heterocycles. The number of nitrogens with zero attached hydrogens (tertiary/aromatic N) is 2. The molecule has 2 aromatic heterocycles. The fourth-order valence-corrected chi connectivity index (χ4v) is 4.09. The third-order valence-corrected chi connectivity index (χ3v) is 5.93. The quantitative estimate of drug-likeness (QED) is 0.195. The molecule has 5 nitrogen and oxygen atoms in total. The molecule has 2 aromatic carbocycles. The summed E-state index contributed by atoms with van der Waals surface area (Å²) in [6, 6.07) is 14.4. The Labute approximate surface area is 211 Å². The van der Waals surface area contributed by atoms with E-state index in [9.17, 15) is 4.39 Å². The van der Waals surface area contributed by atoms with Crippen LogP contribution in [0.3, 0.4) is 0 Å². The number of pyridine rings is 1. The number of aromatic amines is 1. The number of anilines is 1. The number of nitrogen functional groups attached to an aromatic ring is 1. The van der Waals surface area contributed by atoms with Gasteiger partial charge in [-0.1, -0.05) is 50.4 Å². The second-order valence-corrected chi connectivity index (χ2v) is 8.53. The number of aromatic nitrogens is 3. The Morgan fingerprint density at radius 2 is 1.97 bits per heavy atom. The lowest BCUT2D eigenvalue weighted by atomic mass is 9.98. The highest BCUT2D eigenvalue weighted by atomic mass is 19.1. The molecule has 0 atom stereocenters. The molecule has 0 fully saturated rings. The number of allylic oxidation sites excluding steroid dienone is 2. The van der Waals surface area contributed by atoms with Gasteiger partial charge < -0.3 is 16.0 Å². The van der Waals surface area contributed by atoms with Gasteiger partial charge in [-0.25, -0.2) is 9.37 Å². The summed E-state index contributed by atoms with van der Waals surface area (Å²) in [5.41, 5.74) is 14.5. The second kappa shape index (κ2) is 11.0. The first-order valence-electron chi connectivity index (χ1n) is 11.8. The van der Waals surface area contributed by atoms with E-state index in [2.05, 4.69) is 41.4 Å². The van der Waals surface area contributed by atoms with Crippen molar-refractivity contribution in [3.8, 4) is 11.1 Å². The Kier molecular flexibility index (Phi) is 7.56. The van der Waals surface area contributed by atoms with Crippen LogP contribution in [-0.4, -0.2) is 21.5 Å². The van der Waals surface area contributed by atoms with Crippen LogP contribution in [0.5, 0.6) is 0 Å². The van der Waals surface area contributed by atoms with Crippen molar-refractivity contribution >= 4 is 16.8 Å². The number of nitrogens with two attached hydrogens (primary N) is 1. The van der Waals surface area contributed by atoms with E-state index in [1.165, 1.54) is 12.1 Å². The molecule has 0 saturated carbocycles. The summed E-state index contributed by atoms with van der Waals surface area (Å²) in [5.74, 6) is 0.283. The van der Waals surface area contributed by atoms with Gasteiger partial charge in [0.15, 0.2) is 0 Å². The maximum absolute atomic E-state index is 13.9. The van der Waals surface area contributed by atoms with Crippen LogP contribution in [0, 0.1) is 12.7 Å².